The third kappa shape index (κ3) is 5.84. The van der Waals surface area contributed by atoms with Gasteiger partial charge >= 0.3 is 6.18 Å². The molecule has 1 aliphatic carbocycles. The van der Waals surface area contributed by atoms with Crippen molar-refractivity contribution in [1.29, 1.82) is 0 Å². The maximum atomic E-state index is 13.1. The summed E-state index contributed by atoms with van der Waals surface area (Å²) in [5.74, 6) is 0. The molecule has 4 aromatic carbocycles. The van der Waals surface area contributed by atoms with Crippen molar-refractivity contribution in [3.63, 3.8) is 0 Å². The van der Waals surface area contributed by atoms with Gasteiger partial charge in [-0.3, -0.25) is 0 Å². The van der Waals surface area contributed by atoms with Gasteiger partial charge in [0.05, 0.1) is 16.9 Å². The van der Waals surface area contributed by atoms with Gasteiger partial charge in [-0.1, -0.05) is 66.7 Å². The molecule has 2 aliphatic rings. The van der Waals surface area contributed by atoms with E-state index in [1.807, 2.05) is 60.7 Å². The Morgan fingerprint density at radius 2 is 1.41 bits per heavy atom. The summed E-state index contributed by atoms with van der Waals surface area (Å²) >= 11 is 0. The van der Waals surface area contributed by atoms with Crippen LogP contribution >= 0.6 is 0 Å². The monoisotopic (exact) mass is 548 g/mol. The van der Waals surface area contributed by atoms with Crippen LogP contribution in [0, 0.1) is 0 Å². The summed E-state index contributed by atoms with van der Waals surface area (Å²) in [6, 6.07) is 26.6. The second-order valence-corrected chi connectivity index (χ2v) is 10.1. The number of para-hydroxylation sites is 1. The molecule has 1 aliphatic heterocycles. The van der Waals surface area contributed by atoms with Crippen LogP contribution in [0.15, 0.2) is 130 Å². The van der Waals surface area contributed by atoms with Crippen molar-refractivity contribution in [3.8, 4) is 22.3 Å². The van der Waals surface area contributed by atoms with Gasteiger partial charge in [0.25, 0.3) is 0 Å². The lowest BCUT2D eigenvalue weighted by Gasteiger charge is -2.22. The summed E-state index contributed by atoms with van der Waals surface area (Å²) in [5.41, 5.74) is 15.6. The van der Waals surface area contributed by atoms with Crippen molar-refractivity contribution in [2.45, 2.75) is 19.0 Å². The summed E-state index contributed by atoms with van der Waals surface area (Å²) in [5, 5.41) is 12.3. The van der Waals surface area contributed by atoms with Gasteiger partial charge < -0.3 is 11.1 Å². The highest BCUT2D eigenvalue weighted by Crippen LogP contribution is 2.35. The van der Waals surface area contributed by atoms with E-state index in [1.165, 1.54) is 22.8 Å². The Labute approximate surface area is 236 Å². The highest BCUT2D eigenvalue weighted by molar-refractivity contribution is 5.77. The molecular formula is C34H27F3N4. The second-order valence-electron chi connectivity index (χ2n) is 10.1. The highest BCUT2D eigenvalue weighted by atomic mass is 19.4. The number of nitrogens with two attached hydrogens (primary N) is 1. The maximum absolute atomic E-state index is 13.1. The van der Waals surface area contributed by atoms with E-state index in [2.05, 4.69) is 39.8 Å². The first-order chi connectivity index (χ1) is 19.8. The van der Waals surface area contributed by atoms with Crippen LogP contribution in [0.25, 0.3) is 28.3 Å². The molecule has 3 N–H and O–H groups in total. The molecule has 204 valence electrons. The number of nitrogens with zero attached hydrogens (tertiary/aromatic N) is 2. The fraction of sp³-hybridized carbons (Fsp3) is 0.118. The van der Waals surface area contributed by atoms with Gasteiger partial charge in [0.2, 0.25) is 0 Å². The van der Waals surface area contributed by atoms with E-state index in [4.69, 9.17) is 5.73 Å². The van der Waals surface area contributed by atoms with E-state index in [0.717, 1.165) is 54.0 Å². The van der Waals surface area contributed by atoms with E-state index in [1.54, 1.807) is 6.07 Å². The first-order valence-corrected chi connectivity index (χ1v) is 13.4. The predicted molar refractivity (Wildman–Crippen MR) is 160 cm³/mol. The van der Waals surface area contributed by atoms with Crippen LogP contribution in [0.1, 0.15) is 24.0 Å². The number of alkyl halides is 3. The van der Waals surface area contributed by atoms with Crippen molar-refractivity contribution >= 4 is 23.1 Å². The predicted octanol–water partition coefficient (Wildman–Crippen LogP) is 9.82. The fourth-order valence-corrected chi connectivity index (χ4v) is 5.07. The molecule has 0 unspecified atom stereocenters. The van der Waals surface area contributed by atoms with Crippen molar-refractivity contribution in [2.75, 3.05) is 17.6 Å². The molecule has 1 heterocycles. The minimum absolute atomic E-state index is 0.498. The number of azo groups is 1. The lowest BCUT2D eigenvalue weighted by molar-refractivity contribution is -0.137. The molecule has 0 spiro atoms. The Bertz CT molecular complexity index is 1730. The minimum Gasteiger partial charge on any atom is -0.397 e. The summed E-state index contributed by atoms with van der Waals surface area (Å²) in [6.45, 7) is 0.810. The Balaban J connectivity index is 1.14. The quantitative estimate of drug-likeness (QED) is 0.193. The molecule has 0 fully saturated rings. The number of nitrogens with one attached hydrogen (secondary N) is 1. The molecular weight excluding hydrogens is 521 g/mol. The molecule has 0 bridgehead atoms. The molecule has 0 aromatic heterocycles. The smallest absolute Gasteiger partial charge is 0.397 e. The van der Waals surface area contributed by atoms with Gasteiger partial charge in [0.15, 0.2) is 0 Å². The van der Waals surface area contributed by atoms with Gasteiger partial charge in [-0.25, -0.2) is 0 Å². The molecule has 0 saturated carbocycles. The normalized spacial score (nSPS) is 15.0. The third-order valence-corrected chi connectivity index (χ3v) is 7.35. The van der Waals surface area contributed by atoms with E-state index in [-0.39, 0.29) is 0 Å². The van der Waals surface area contributed by atoms with Crippen LogP contribution in [0.4, 0.5) is 30.2 Å². The molecule has 7 heteroatoms. The number of nitrogen functional groups attached to an aromatic ring is 1. The molecule has 41 heavy (non-hydrogen) atoms. The van der Waals surface area contributed by atoms with Gasteiger partial charge in [-0.15, -0.1) is 5.11 Å². The summed E-state index contributed by atoms with van der Waals surface area (Å²) < 4.78 is 39.3. The number of allylic oxidation sites excluding steroid dienone is 3. The van der Waals surface area contributed by atoms with Crippen LogP contribution in [0.2, 0.25) is 0 Å². The lowest BCUT2D eigenvalue weighted by atomic mass is 9.92. The molecule has 0 saturated heterocycles. The van der Waals surface area contributed by atoms with Gasteiger partial charge in [-0.05, 0) is 94.3 Å². The topological polar surface area (TPSA) is 62.8 Å². The van der Waals surface area contributed by atoms with Crippen molar-refractivity contribution in [1.82, 2.24) is 0 Å². The Hall–Kier alpha value is -4.91. The zero-order chi connectivity index (χ0) is 28.4. The van der Waals surface area contributed by atoms with Crippen LogP contribution in [-0.4, -0.2) is 6.54 Å². The van der Waals surface area contributed by atoms with Crippen LogP contribution in [0.3, 0.4) is 0 Å². The van der Waals surface area contributed by atoms with Crippen LogP contribution in [-0.2, 0) is 6.18 Å². The Morgan fingerprint density at radius 1 is 0.683 bits per heavy atom. The van der Waals surface area contributed by atoms with E-state index >= 15 is 0 Å². The van der Waals surface area contributed by atoms with Crippen LogP contribution in [0.5, 0.6) is 0 Å². The molecule has 0 radical (unpaired) electrons. The SMILES string of the molecule is Nc1cc(-c2ccc(-c3cccc(C(F)(F)F)c3)cc2)ccc1N=NC1=CC=C(C2=Cc3ccccc3NC2)CC1. The molecule has 4 nitrogen and oxygen atoms in total. The summed E-state index contributed by atoms with van der Waals surface area (Å²) in [7, 11) is 0. The molecule has 0 atom stereocenters. The maximum Gasteiger partial charge on any atom is 0.416 e. The average Bonchev–Trinajstić information content (AvgIpc) is 3.00. The third-order valence-electron chi connectivity index (χ3n) is 7.35. The van der Waals surface area contributed by atoms with Gasteiger partial charge in [-0.2, -0.15) is 18.3 Å². The standard InChI is InChI=1S/C34H27F3N4/c35-34(36,37)29-6-3-5-25(19-29)22-8-10-23(11-9-22)26-14-17-33(31(38)20-26)41-40-30-15-12-24(13-16-30)28-18-27-4-1-2-7-32(27)39-21-28/h1-12,14-15,17-20,39H,13,16,21,38H2. The molecule has 0 amide bonds. The number of hydrogen-bond donors (Lipinski definition) is 2. The zero-order valence-electron chi connectivity index (χ0n) is 22.1. The number of fused-ring (bicyclic) bond motifs is 1. The first-order valence-electron chi connectivity index (χ1n) is 13.4. The highest BCUT2D eigenvalue weighted by Gasteiger charge is 2.30. The summed E-state index contributed by atoms with van der Waals surface area (Å²) in [4.78, 5) is 0. The molecule has 4 aromatic rings. The summed E-state index contributed by atoms with van der Waals surface area (Å²) in [6.07, 6.45) is 3.70. The average molecular weight is 549 g/mol. The van der Waals surface area contributed by atoms with Crippen LogP contribution < -0.4 is 11.1 Å². The second kappa shape index (κ2) is 10.9. The van der Waals surface area contributed by atoms with Crippen molar-refractivity contribution in [2.24, 2.45) is 10.2 Å². The van der Waals surface area contributed by atoms with Crippen molar-refractivity contribution in [3.05, 3.63) is 131 Å². The fourth-order valence-electron chi connectivity index (χ4n) is 5.07. The van der Waals surface area contributed by atoms with Crippen molar-refractivity contribution < 1.29 is 13.2 Å². The number of rotatable bonds is 5. The lowest BCUT2D eigenvalue weighted by Crippen LogP contribution is -2.12. The van der Waals surface area contributed by atoms with E-state index in [0.29, 0.717) is 22.5 Å². The van der Waals surface area contributed by atoms with E-state index in [9.17, 15) is 13.2 Å². The first kappa shape index (κ1) is 26.3. The minimum atomic E-state index is -4.38. The van der Waals surface area contributed by atoms with E-state index < -0.39 is 11.7 Å². The van der Waals surface area contributed by atoms with Gasteiger partial charge in [0.1, 0.15) is 5.69 Å². The Morgan fingerprint density at radius 3 is 2.12 bits per heavy atom. The number of anilines is 2. The zero-order valence-corrected chi connectivity index (χ0v) is 22.1. The molecule has 6 rings (SSSR count). The largest absolute Gasteiger partial charge is 0.416 e. The van der Waals surface area contributed by atoms with Gasteiger partial charge in [0, 0.05) is 12.2 Å². The number of halogens is 3. The number of benzene rings is 4. The Kier molecular flexibility index (Phi) is 7.01. The number of hydrogen-bond acceptors (Lipinski definition) is 4.